The molecular formula is C15H16FN4O9P. The van der Waals surface area contributed by atoms with Crippen LogP contribution in [0.2, 0.25) is 0 Å². The lowest BCUT2D eigenvalue weighted by molar-refractivity contribution is -0.384. The molecule has 1 saturated heterocycles. The molecule has 1 fully saturated rings. The number of aliphatic hydroxyl groups is 1. The van der Waals surface area contributed by atoms with E-state index in [0.29, 0.717) is 4.57 Å². The van der Waals surface area contributed by atoms with Crippen molar-refractivity contribution in [1.29, 1.82) is 0 Å². The number of hydrogen-bond donors (Lipinski definition) is 4. The van der Waals surface area contributed by atoms with Gasteiger partial charge in [-0.25, -0.2) is 13.8 Å². The van der Waals surface area contributed by atoms with Crippen LogP contribution in [0.1, 0.15) is 6.23 Å². The second-order valence-corrected chi connectivity index (χ2v) is 7.53. The van der Waals surface area contributed by atoms with Crippen molar-refractivity contribution in [2.75, 3.05) is 12.3 Å². The predicted molar refractivity (Wildman–Crippen MR) is 97.8 cm³/mol. The fraction of sp³-hybridized carbons (Fsp3) is 0.333. The van der Waals surface area contributed by atoms with Crippen LogP contribution in [0, 0.1) is 10.1 Å². The third-order valence-corrected chi connectivity index (χ3v) is 4.83. The summed E-state index contributed by atoms with van der Waals surface area (Å²) in [5.74, 6) is -0.346. The number of nitrogen functional groups attached to an aromatic ring is 1. The van der Waals surface area contributed by atoms with Crippen molar-refractivity contribution in [2.24, 2.45) is 0 Å². The van der Waals surface area contributed by atoms with E-state index in [1.807, 2.05) is 0 Å². The van der Waals surface area contributed by atoms with Gasteiger partial charge in [0, 0.05) is 17.8 Å². The van der Waals surface area contributed by atoms with E-state index in [1.165, 1.54) is 24.3 Å². The fourth-order valence-corrected chi connectivity index (χ4v) is 3.31. The number of aromatic nitrogens is 2. The van der Waals surface area contributed by atoms with Gasteiger partial charge in [-0.05, 0) is 6.07 Å². The molecule has 15 heteroatoms. The van der Waals surface area contributed by atoms with E-state index in [0.717, 1.165) is 6.20 Å². The third-order valence-electron chi connectivity index (χ3n) is 4.35. The number of nitrogens with two attached hydrogens (primary N) is 1. The Morgan fingerprint density at radius 3 is 2.67 bits per heavy atom. The van der Waals surface area contributed by atoms with E-state index in [4.69, 9.17) is 20.3 Å². The molecule has 0 radical (unpaired) electrons. The first-order chi connectivity index (χ1) is 14.0. The predicted octanol–water partition coefficient (Wildman–Crippen LogP) is 0.106. The van der Waals surface area contributed by atoms with E-state index in [1.54, 1.807) is 0 Å². The number of anilines is 1. The van der Waals surface area contributed by atoms with Crippen molar-refractivity contribution >= 4 is 19.3 Å². The number of halogens is 1. The molecule has 1 aromatic carbocycles. The Kier molecular flexibility index (Phi) is 5.99. The third kappa shape index (κ3) is 4.38. The molecule has 4 atom stereocenters. The van der Waals surface area contributed by atoms with Gasteiger partial charge < -0.3 is 25.4 Å². The number of ether oxygens (including phenoxy) is 1. The molecule has 5 N–H and O–H groups in total. The molecule has 13 nitrogen and oxygen atoms in total. The SMILES string of the molecule is Nc1nc(=O)n([C@@H]2O[C@H](COP(=O)(O)O)[C@@H](O)[C@@H]2F)cc1-c1ccccc1[N+](=O)[O-]. The standard InChI is InChI=1S/C15H16FN4O9P/c16-11-12(21)10(6-28-30(25,26)27)29-14(11)19-5-8(13(17)18-15(19)22)7-3-1-2-4-9(7)20(23)24/h1-5,10-12,14,21H,6H2,(H2,17,18,22)(H2,25,26,27)/t10-,11+,12-,14-/m1/s1. The Morgan fingerprint density at radius 2 is 2.03 bits per heavy atom. The number of alkyl halides is 1. The summed E-state index contributed by atoms with van der Waals surface area (Å²) in [6.07, 6.45) is -6.31. The molecule has 0 bridgehead atoms. The molecule has 1 aromatic heterocycles. The fourth-order valence-electron chi connectivity index (χ4n) is 2.97. The van der Waals surface area contributed by atoms with E-state index >= 15 is 0 Å². The molecule has 0 spiro atoms. The number of para-hydroxylation sites is 1. The Labute approximate surface area is 166 Å². The smallest absolute Gasteiger partial charge is 0.387 e. The van der Waals surface area contributed by atoms with Crippen LogP contribution >= 0.6 is 7.82 Å². The number of phosphoric acid groups is 1. The zero-order valence-electron chi connectivity index (χ0n) is 14.9. The van der Waals surface area contributed by atoms with Crippen LogP contribution < -0.4 is 11.4 Å². The molecule has 0 unspecified atom stereocenters. The molecule has 162 valence electrons. The first-order valence-corrected chi connectivity index (χ1v) is 9.82. The zero-order valence-corrected chi connectivity index (χ0v) is 15.8. The average Bonchev–Trinajstić information content (AvgIpc) is 2.94. The first kappa shape index (κ1) is 22.0. The summed E-state index contributed by atoms with van der Waals surface area (Å²) in [6, 6.07) is 5.46. The van der Waals surface area contributed by atoms with Crippen molar-refractivity contribution in [3.8, 4) is 11.1 Å². The summed E-state index contributed by atoms with van der Waals surface area (Å²) in [5.41, 5.74) is 4.29. The quantitative estimate of drug-likeness (QED) is 0.266. The van der Waals surface area contributed by atoms with Crippen LogP contribution in [0.3, 0.4) is 0 Å². The molecule has 30 heavy (non-hydrogen) atoms. The van der Waals surface area contributed by atoms with Gasteiger partial charge in [0.05, 0.1) is 17.1 Å². The van der Waals surface area contributed by atoms with E-state index in [9.17, 15) is 29.0 Å². The Balaban J connectivity index is 2.00. The van der Waals surface area contributed by atoms with Crippen LogP contribution in [0.15, 0.2) is 35.3 Å². The van der Waals surface area contributed by atoms with Crippen molar-refractivity contribution in [2.45, 2.75) is 24.6 Å². The van der Waals surface area contributed by atoms with Gasteiger partial charge in [0.2, 0.25) is 0 Å². The van der Waals surface area contributed by atoms with Crippen LogP contribution in [0.25, 0.3) is 11.1 Å². The minimum Gasteiger partial charge on any atom is -0.387 e. The van der Waals surface area contributed by atoms with Gasteiger partial charge in [-0.15, -0.1) is 0 Å². The Hall–Kier alpha value is -2.74. The maximum atomic E-state index is 14.6. The normalized spacial score (nSPS) is 24.1. The summed E-state index contributed by atoms with van der Waals surface area (Å²) in [5, 5.41) is 21.2. The monoisotopic (exact) mass is 446 g/mol. The van der Waals surface area contributed by atoms with Gasteiger partial charge in [0.25, 0.3) is 5.69 Å². The minimum absolute atomic E-state index is 0.0107. The van der Waals surface area contributed by atoms with Gasteiger partial charge in [-0.1, -0.05) is 12.1 Å². The Morgan fingerprint density at radius 1 is 1.37 bits per heavy atom. The van der Waals surface area contributed by atoms with Crippen molar-refractivity contribution in [3.05, 3.63) is 51.1 Å². The zero-order chi connectivity index (χ0) is 22.2. The number of phosphoric ester groups is 1. The summed E-state index contributed by atoms with van der Waals surface area (Å²) >= 11 is 0. The maximum absolute atomic E-state index is 14.6. The van der Waals surface area contributed by atoms with Crippen molar-refractivity contribution in [1.82, 2.24) is 9.55 Å². The van der Waals surface area contributed by atoms with Crippen LogP contribution in [-0.4, -0.2) is 54.4 Å². The van der Waals surface area contributed by atoms with Gasteiger partial charge in [-0.2, -0.15) is 4.98 Å². The molecule has 0 aliphatic carbocycles. The molecule has 2 heterocycles. The van der Waals surface area contributed by atoms with Crippen molar-refractivity contribution < 1.29 is 38.0 Å². The first-order valence-electron chi connectivity index (χ1n) is 8.29. The van der Waals surface area contributed by atoms with Crippen LogP contribution in [0.4, 0.5) is 15.9 Å². The molecule has 1 aliphatic heterocycles. The van der Waals surface area contributed by atoms with Gasteiger partial charge >= 0.3 is 13.5 Å². The van der Waals surface area contributed by atoms with Crippen LogP contribution in [0.5, 0.6) is 0 Å². The van der Waals surface area contributed by atoms with Crippen molar-refractivity contribution in [3.63, 3.8) is 0 Å². The Bertz CT molecular complexity index is 1070. The lowest BCUT2D eigenvalue weighted by Crippen LogP contribution is -2.34. The summed E-state index contributed by atoms with van der Waals surface area (Å²) in [7, 11) is -4.91. The van der Waals surface area contributed by atoms with E-state index in [-0.39, 0.29) is 22.6 Å². The maximum Gasteiger partial charge on any atom is 0.469 e. The van der Waals surface area contributed by atoms with Gasteiger partial charge in [0.15, 0.2) is 12.4 Å². The highest BCUT2D eigenvalue weighted by Crippen LogP contribution is 2.39. The summed E-state index contributed by atoms with van der Waals surface area (Å²) < 4.78 is 35.5. The molecule has 0 amide bonds. The lowest BCUT2D eigenvalue weighted by atomic mass is 10.1. The second-order valence-electron chi connectivity index (χ2n) is 6.29. The highest BCUT2D eigenvalue weighted by atomic mass is 31.2. The molecule has 3 rings (SSSR count). The van der Waals surface area contributed by atoms with E-state index in [2.05, 4.69) is 9.51 Å². The number of rotatable bonds is 6. The van der Waals surface area contributed by atoms with E-state index < -0.39 is 49.7 Å². The number of aliphatic hydroxyl groups excluding tert-OH is 1. The highest BCUT2D eigenvalue weighted by Gasteiger charge is 2.46. The number of nitrogens with zero attached hydrogens (tertiary/aromatic N) is 3. The topological polar surface area (TPSA) is 200 Å². The minimum atomic E-state index is -4.91. The van der Waals surface area contributed by atoms with Gasteiger partial charge in [-0.3, -0.25) is 19.2 Å². The van der Waals surface area contributed by atoms with Gasteiger partial charge in [0.1, 0.15) is 18.0 Å². The lowest BCUT2D eigenvalue weighted by Gasteiger charge is -2.18. The average molecular weight is 446 g/mol. The number of benzene rings is 1. The molecular weight excluding hydrogens is 430 g/mol. The number of nitro benzene ring substituents is 1. The summed E-state index contributed by atoms with van der Waals surface area (Å²) in [6.45, 7) is -0.851. The summed E-state index contributed by atoms with van der Waals surface area (Å²) in [4.78, 5) is 43.9. The number of hydrogen-bond acceptors (Lipinski definition) is 9. The second kappa shape index (κ2) is 8.18. The molecule has 0 saturated carbocycles. The largest absolute Gasteiger partial charge is 0.469 e. The molecule has 1 aliphatic rings. The highest BCUT2D eigenvalue weighted by molar-refractivity contribution is 7.46. The number of nitro groups is 1. The molecule has 2 aromatic rings. The van der Waals surface area contributed by atoms with Crippen LogP contribution in [-0.2, 0) is 13.8 Å².